The molecule has 76 heavy (non-hydrogen) atoms. The molecule has 0 radical (unpaired) electrons. The van der Waals surface area contributed by atoms with Crippen molar-refractivity contribution in [3.05, 3.63) is 71.8 Å². The van der Waals surface area contributed by atoms with Gasteiger partial charge in [0.15, 0.2) is 0 Å². The van der Waals surface area contributed by atoms with Crippen LogP contribution in [0.3, 0.4) is 0 Å². The highest BCUT2D eigenvalue weighted by Crippen LogP contribution is 2.22. The summed E-state index contributed by atoms with van der Waals surface area (Å²) in [6.07, 6.45) is 0.812. The van der Waals surface area contributed by atoms with E-state index in [1.165, 1.54) is 11.8 Å². The number of hydrogen-bond acceptors (Lipinski definition) is 12. The molecule has 23 heteroatoms. The lowest BCUT2D eigenvalue weighted by Gasteiger charge is -2.32. The molecule has 0 spiro atoms. The topological polar surface area (TPSA) is 354 Å². The van der Waals surface area contributed by atoms with Gasteiger partial charge in [-0.05, 0) is 61.5 Å². The van der Waals surface area contributed by atoms with Crippen LogP contribution in [0, 0.1) is 17.8 Å². The summed E-state index contributed by atoms with van der Waals surface area (Å²) in [5.41, 5.74) is 6.98. The van der Waals surface area contributed by atoms with Crippen LogP contribution in [0.15, 0.2) is 60.7 Å². The van der Waals surface area contributed by atoms with E-state index in [0.717, 1.165) is 5.56 Å². The van der Waals surface area contributed by atoms with Crippen molar-refractivity contribution < 1.29 is 63.0 Å². The molecular weight excluding hydrogens is 985 g/mol. The molecule has 0 aliphatic carbocycles. The number of nitrogens with zero attached hydrogens (tertiary/aromatic N) is 1. The Balaban J connectivity index is 1.73. The largest absolute Gasteiger partial charge is 0.481 e. The van der Waals surface area contributed by atoms with Gasteiger partial charge in [-0.15, -0.1) is 0 Å². The van der Waals surface area contributed by atoms with E-state index in [4.69, 9.17) is 10.8 Å². The molecule has 0 bridgehead atoms. The van der Waals surface area contributed by atoms with Gasteiger partial charge in [-0.2, -0.15) is 0 Å². The van der Waals surface area contributed by atoms with Crippen LogP contribution in [-0.4, -0.2) is 148 Å². The highest BCUT2D eigenvalue weighted by atomic mass is 16.4. The summed E-state index contributed by atoms with van der Waals surface area (Å²) in [5, 5.41) is 39.4. The smallest absolute Gasteiger partial charge is 0.326 e. The number of carboxylic acids is 2. The maximum atomic E-state index is 14.4. The zero-order valence-corrected chi connectivity index (χ0v) is 44.5. The quantitative estimate of drug-likeness (QED) is 0.0475. The van der Waals surface area contributed by atoms with E-state index < -0.39 is 138 Å². The summed E-state index contributed by atoms with van der Waals surface area (Å²) in [5.74, 6) is -10.0. The molecule has 10 atom stereocenters. The Morgan fingerprint density at radius 3 is 1.64 bits per heavy atom. The number of nitrogens with one attached hydrogen (secondary N) is 8. The maximum Gasteiger partial charge on any atom is 0.326 e. The number of likely N-dealkylation sites (tertiary alicyclic amines) is 1. The summed E-state index contributed by atoms with van der Waals surface area (Å²) in [7, 11) is 0. The molecule has 0 aromatic heterocycles. The molecule has 1 fully saturated rings. The Hall–Kier alpha value is -7.43. The second-order valence-electron chi connectivity index (χ2n) is 19.7. The number of carbonyl (C=O) groups excluding carboxylic acids is 9. The number of amides is 9. The molecule has 2 aromatic rings. The maximum absolute atomic E-state index is 14.4. The van der Waals surface area contributed by atoms with E-state index in [2.05, 4.69) is 42.5 Å². The molecule has 0 saturated carbocycles. The van der Waals surface area contributed by atoms with Crippen molar-refractivity contribution in [1.82, 2.24) is 47.4 Å². The molecule has 2 aromatic carbocycles. The van der Waals surface area contributed by atoms with Crippen LogP contribution in [0.1, 0.15) is 105 Å². The molecule has 9 amide bonds. The van der Waals surface area contributed by atoms with E-state index in [1.807, 2.05) is 20.8 Å². The van der Waals surface area contributed by atoms with E-state index in [1.54, 1.807) is 81.4 Å². The van der Waals surface area contributed by atoms with Gasteiger partial charge in [-0.25, -0.2) is 4.79 Å². The summed E-state index contributed by atoms with van der Waals surface area (Å²) in [6.45, 7) is 11.2. The van der Waals surface area contributed by atoms with Gasteiger partial charge in [0.25, 0.3) is 0 Å². The molecule has 3 rings (SSSR count). The van der Waals surface area contributed by atoms with E-state index in [0.29, 0.717) is 24.8 Å². The summed E-state index contributed by atoms with van der Waals surface area (Å²) in [6, 6.07) is 8.12. The standard InChI is InChI=1S/C53H78N10O13/c1-8-31(5)44(51(73)58-36(53(75)76)22-23-43(66)67)61-42(65)29-55-50(72)40-21-16-24-63(40)52(74)45(32(6)9-2)62-49(71)37(25-30(3)4)59-46(68)33(7)56-47(69)39(27-35-19-14-11-15-20-35)60-48(70)38(57-41(64)28-54)26-34-17-12-10-13-18-34/h10-15,17-20,30-33,36-40,44-45H,8-9,16,21-29,54H2,1-7H3,(H,55,72)(H,56,69)(H,57,64)(H,58,73)(H,59,68)(H,60,70)(H,61,65)(H,62,71)(H,66,67)(H,75,76)/t31-,32-,33-,36-,37-,38-,39-,40-,44-,45-/m0/s1. The van der Waals surface area contributed by atoms with Gasteiger partial charge in [0.05, 0.1) is 13.1 Å². The van der Waals surface area contributed by atoms with Crippen molar-refractivity contribution >= 4 is 65.1 Å². The molecule has 23 nitrogen and oxygen atoms in total. The van der Waals surface area contributed by atoms with Gasteiger partial charge in [-0.3, -0.25) is 47.9 Å². The molecule has 1 aliphatic rings. The lowest BCUT2D eigenvalue weighted by Crippen LogP contribution is -2.60. The second-order valence-corrected chi connectivity index (χ2v) is 19.7. The van der Waals surface area contributed by atoms with Crippen molar-refractivity contribution in [2.75, 3.05) is 19.6 Å². The minimum Gasteiger partial charge on any atom is -0.481 e. The lowest BCUT2D eigenvalue weighted by atomic mass is 9.96. The lowest BCUT2D eigenvalue weighted by molar-refractivity contribution is -0.144. The number of carbonyl (C=O) groups is 11. The highest BCUT2D eigenvalue weighted by Gasteiger charge is 2.41. The number of aliphatic carboxylic acids is 2. The monoisotopic (exact) mass is 1060 g/mol. The Bertz CT molecular complexity index is 2320. The van der Waals surface area contributed by atoms with Gasteiger partial charge in [-0.1, -0.05) is 115 Å². The third-order valence-electron chi connectivity index (χ3n) is 13.2. The fraction of sp³-hybridized carbons (Fsp3) is 0.566. The van der Waals surface area contributed by atoms with E-state index >= 15 is 0 Å². The van der Waals surface area contributed by atoms with Crippen molar-refractivity contribution in [3.8, 4) is 0 Å². The van der Waals surface area contributed by atoms with Crippen LogP contribution in [-0.2, 0) is 65.6 Å². The third-order valence-corrected chi connectivity index (χ3v) is 13.2. The number of rotatable bonds is 31. The summed E-state index contributed by atoms with van der Waals surface area (Å²) < 4.78 is 0. The molecule has 418 valence electrons. The molecule has 0 unspecified atom stereocenters. The van der Waals surface area contributed by atoms with Gasteiger partial charge < -0.3 is 63.4 Å². The molecule has 12 N–H and O–H groups in total. The van der Waals surface area contributed by atoms with Gasteiger partial charge in [0.1, 0.15) is 48.3 Å². The first-order valence-electron chi connectivity index (χ1n) is 25.9. The van der Waals surface area contributed by atoms with Crippen LogP contribution in [0.25, 0.3) is 0 Å². The minimum absolute atomic E-state index is 0.0185. The Labute approximate surface area is 443 Å². The van der Waals surface area contributed by atoms with E-state index in [-0.39, 0.29) is 51.1 Å². The normalized spacial score (nSPS) is 16.6. The van der Waals surface area contributed by atoms with Crippen LogP contribution < -0.4 is 48.3 Å². The summed E-state index contributed by atoms with van der Waals surface area (Å²) >= 11 is 0. The predicted molar refractivity (Wildman–Crippen MR) is 279 cm³/mol. The second kappa shape index (κ2) is 31.5. The van der Waals surface area contributed by atoms with Crippen molar-refractivity contribution in [2.24, 2.45) is 23.5 Å². The first kappa shape index (κ1) is 62.9. The predicted octanol–water partition coefficient (Wildman–Crippen LogP) is 0.0389. The number of hydrogen-bond donors (Lipinski definition) is 11. The Morgan fingerprint density at radius 1 is 0.605 bits per heavy atom. The Kier molecular flexibility index (Phi) is 26.0. The first-order valence-corrected chi connectivity index (χ1v) is 25.9. The zero-order valence-electron chi connectivity index (χ0n) is 44.5. The molecule has 1 heterocycles. The van der Waals surface area contributed by atoms with Gasteiger partial charge >= 0.3 is 11.9 Å². The fourth-order valence-corrected chi connectivity index (χ4v) is 8.44. The van der Waals surface area contributed by atoms with Gasteiger partial charge in [0.2, 0.25) is 53.2 Å². The third kappa shape index (κ3) is 20.4. The fourth-order valence-electron chi connectivity index (χ4n) is 8.44. The van der Waals surface area contributed by atoms with Crippen molar-refractivity contribution in [2.45, 2.75) is 155 Å². The van der Waals surface area contributed by atoms with E-state index in [9.17, 15) is 57.8 Å². The van der Waals surface area contributed by atoms with Crippen LogP contribution >= 0.6 is 0 Å². The summed E-state index contributed by atoms with van der Waals surface area (Å²) in [4.78, 5) is 147. The molecular formula is C53H78N10O13. The number of carboxylic acid groups (broad SMARTS) is 2. The van der Waals surface area contributed by atoms with Crippen LogP contribution in [0.4, 0.5) is 0 Å². The first-order chi connectivity index (χ1) is 36.0. The highest BCUT2D eigenvalue weighted by molar-refractivity contribution is 5.98. The minimum atomic E-state index is -1.52. The zero-order chi connectivity index (χ0) is 56.6. The number of nitrogens with two attached hydrogens (primary N) is 1. The molecule has 1 aliphatic heterocycles. The SMILES string of the molecule is CC[C@H](C)[C@H](NC(=O)CNC(=O)[C@@H]1CCCN1C(=O)[C@@H](NC(=O)[C@H](CC(C)C)NC(=O)[C@H](C)NC(=O)[C@H](Cc1ccccc1)NC(=O)[C@H](Cc1ccccc1)NC(=O)CN)[C@@H](C)CC)C(=O)N[C@@H](CCC(=O)O)C(=O)O. The van der Waals surface area contributed by atoms with Crippen LogP contribution in [0.5, 0.6) is 0 Å². The average Bonchev–Trinajstić information content (AvgIpc) is 3.89. The molecule has 1 saturated heterocycles. The van der Waals surface area contributed by atoms with Crippen LogP contribution in [0.2, 0.25) is 0 Å². The van der Waals surface area contributed by atoms with Crippen molar-refractivity contribution in [3.63, 3.8) is 0 Å². The number of benzene rings is 2. The Morgan fingerprint density at radius 2 is 1.12 bits per heavy atom. The van der Waals surface area contributed by atoms with Gasteiger partial charge in [0, 0.05) is 25.8 Å². The average molecular weight is 1060 g/mol. The van der Waals surface area contributed by atoms with Crippen molar-refractivity contribution in [1.29, 1.82) is 0 Å².